The Morgan fingerprint density at radius 3 is 2.25 bits per heavy atom. The van der Waals surface area contributed by atoms with E-state index in [0.29, 0.717) is 31.5 Å². The Labute approximate surface area is 138 Å². The summed E-state index contributed by atoms with van der Waals surface area (Å²) < 4.78 is 26.1. The van der Waals surface area contributed by atoms with Crippen molar-refractivity contribution in [2.45, 2.75) is 12.8 Å². The van der Waals surface area contributed by atoms with Crippen LogP contribution in [0.2, 0.25) is 0 Å². The Hall–Kier alpha value is -2.63. The number of nitrogens with zero attached hydrogens (tertiary/aromatic N) is 2. The van der Waals surface area contributed by atoms with Crippen LogP contribution in [0.3, 0.4) is 0 Å². The third-order valence-electron chi connectivity index (χ3n) is 4.23. The van der Waals surface area contributed by atoms with Crippen molar-refractivity contribution in [2.24, 2.45) is 5.92 Å². The van der Waals surface area contributed by atoms with Crippen molar-refractivity contribution in [3.8, 4) is 0 Å². The number of hydrogen-bond acceptors (Lipinski definition) is 3. The van der Waals surface area contributed by atoms with E-state index >= 15 is 0 Å². The maximum Gasteiger partial charge on any atom is 0.255 e. The lowest BCUT2D eigenvalue weighted by atomic mass is 9.88. The number of pyridine rings is 1. The predicted octanol–water partition coefficient (Wildman–Crippen LogP) is 3.09. The first-order valence-electron chi connectivity index (χ1n) is 7.74. The molecule has 0 bridgehead atoms. The highest BCUT2D eigenvalue weighted by atomic mass is 19.1. The molecule has 6 heteroatoms. The van der Waals surface area contributed by atoms with Gasteiger partial charge < -0.3 is 4.90 Å². The van der Waals surface area contributed by atoms with Gasteiger partial charge in [0, 0.05) is 30.8 Å². The molecule has 1 saturated heterocycles. The number of benzene rings is 1. The van der Waals surface area contributed by atoms with Gasteiger partial charge in [-0.15, -0.1) is 0 Å². The SMILES string of the molecule is O=C(c1ccc(F)cc1)C1CCN(C(=O)c2cncc(F)c2)CC1. The highest BCUT2D eigenvalue weighted by molar-refractivity contribution is 5.98. The molecule has 124 valence electrons. The summed E-state index contributed by atoms with van der Waals surface area (Å²) in [6, 6.07) is 6.65. The largest absolute Gasteiger partial charge is 0.339 e. The van der Waals surface area contributed by atoms with Gasteiger partial charge in [-0.2, -0.15) is 0 Å². The third kappa shape index (κ3) is 3.48. The zero-order valence-electron chi connectivity index (χ0n) is 12.9. The van der Waals surface area contributed by atoms with Crippen LogP contribution in [-0.4, -0.2) is 34.7 Å². The standard InChI is InChI=1S/C18H16F2N2O2/c19-15-3-1-12(2-4-15)17(23)13-5-7-22(8-6-13)18(24)14-9-16(20)11-21-10-14/h1-4,9-11,13H,5-8H2. The van der Waals surface area contributed by atoms with Crippen LogP contribution in [0.1, 0.15) is 33.6 Å². The molecular formula is C18H16F2N2O2. The summed E-state index contributed by atoms with van der Waals surface area (Å²) in [5.41, 5.74) is 0.689. The minimum atomic E-state index is -0.553. The zero-order valence-corrected chi connectivity index (χ0v) is 12.9. The number of piperidine rings is 1. The first-order chi connectivity index (χ1) is 11.5. The molecule has 1 aromatic heterocycles. The van der Waals surface area contributed by atoms with Gasteiger partial charge in [0.25, 0.3) is 5.91 Å². The number of halogens is 2. The number of amides is 1. The zero-order chi connectivity index (χ0) is 17.1. The average Bonchev–Trinajstić information content (AvgIpc) is 2.61. The summed E-state index contributed by atoms with van der Waals surface area (Å²) in [7, 11) is 0. The molecule has 3 rings (SSSR count). The van der Waals surface area contributed by atoms with Crippen molar-refractivity contribution in [1.29, 1.82) is 0 Å². The Bertz CT molecular complexity index is 754. The van der Waals surface area contributed by atoms with Crippen LogP contribution in [0.25, 0.3) is 0 Å². The van der Waals surface area contributed by atoms with Gasteiger partial charge in [0.2, 0.25) is 0 Å². The molecule has 2 aromatic rings. The molecule has 2 heterocycles. The van der Waals surface area contributed by atoms with E-state index in [-0.39, 0.29) is 29.0 Å². The van der Waals surface area contributed by atoms with Crippen LogP contribution in [0, 0.1) is 17.6 Å². The minimum absolute atomic E-state index is 0.0329. The van der Waals surface area contributed by atoms with Gasteiger partial charge in [0.05, 0.1) is 11.8 Å². The van der Waals surface area contributed by atoms with E-state index in [1.54, 1.807) is 4.90 Å². The molecule has 1 amide bonds. The Morgan fingerprint density at radius 1 is 0.958 bits per heavy atom. The molecule has 1 aliphatic heterocycles. The van der Waals surface area contributed by atoms with Crippen LogP contribution in [0.15, 0.2) is 42.7 Å². The minimum Gasteiger partial charge on any atom is -0.339 e. The summed E-state index contributed by atoms with van der Waals surface area (Å²) in [6.45, 7) is 0.847. The smallest absolute Gasteiger partial charge is 0.255 e. The van der Waals surface area contributed by atoms with Gasteiger partial charge in [-0.25, -0.2) is 8.78 Å². The molecule has 0 radical (unpaired) electrons. The van der Waals surface area contributed by atoms with E-state index in [9.17, 15) is 18.4 Å². The fourth-order valence-electron chi connectivity index (χ4n) is 2.91. The fourth-order valence-corrected chi connectivity index (χ4v) is 2.91. The molecular weight excluding hydrogens is 314 g/mol. The average molecular weight is 330 g/mol. The molecule has 0 spiro atoms. The monoisotopic (exact) mass is 330 g/mol. The van der Waals surface area contributed by atoms with Crippen molar-refractivity contribution in [1.82, 2.24) is 9.88 Å². The van der Waals surface area contributed by atoms with Gasteiger partial charge in [0.15, 0.2) is 5.78 Å². The van der Waals surface area contributed by atoms with Crippen LogP contribution in [0.5, 0.6) is 0 Å². The van der Waals surface area contributed by atoms with Crippen LogP contribution < -0.4 is 0 Å². The van der Waals surface area contributed by atoms with E-state index in [4.69, 9.17) is 0 Å². The molecule has 0 aliphatic carbocycles. The van der Waals surface area contributed by atoms with E-state index < -0.39 is 5.82 Å². The van der Waals surface area contributed by atoms with E-state index in [1.165, 1.54) is 30.5 Å². The second-order valence-corrected chi connectivity index (χ2v) is 5.83. The van der Waals surface area contributed by atoms with Crippen molar-refractivity contribution >= 4 is 11.7 Å². The highest BCUT2D eigenvalue weighted by Crippen LogP contribution is 2.23. The van der Waals surface area contributed by atoms with Crippen molar-refractivity contribution in [3.63, 3.8) is 0 Å². The van der Waals surface area contributed by atoms with Crippen LogP contribution >= 0.6 is 0 Å². The first-order valence-corrected chi connectivity index (χ1v) is 7.74. The predicted molar refractivity (Wildman–Crippen MR) is 83.6 cm³/mol. The normalized spacial score (nSPS) is 15.3. The third-order valence-corrected chi connectivity index (χ3v) is 4.23. The highest BCUT2D eigenvalue weighted by Gasteiger charge is 2.28. The Balaban J connectivity index is 1.62. The van der Waals surface area contributed by atoms with Gasteiger partial charge in [0.1, 0.15) is 11.6 Å². The lowest BCUT2D eigenvalue weighted by molar-refractivity contribution is 0.0649. The van der Waals surface area contributed by atoms with Gasteiger partial charge in [-0.3, -0.25) is 14.6 Å². The molecule has 0 unspecified atom stereocenters. The topological polar surface area (TPSA) is 50.3 Å². The van der Waals surface area contributed by atoms with Crippen molar-refractivity contribution in [3.05, 3.63) is 65.5 Å². The lowest BCUT2D eigenvalue weighted by Gasteiger charge is -2.31. The molecule has 0 N–H and O–H groups in total. The number of carbonyl (C=O) groups is 2. The van der Waals surface area contributed by atoms with E-state index in [2.05, 4.69) is 4.98 Å². The first kappa shape index (κ1) is 16.2. The molecule has 0 atom stereocenters. The van der Waals surface area contributed by atoms with Gasteiger partial charge >= 0.3 is 0 Å². The molecule has 4 nitrogen and oxygen atoms in total. The Kier molecular flexibility index (Phi) is 4.64. The lowest BCUT2D eigenvalue weighted by Crippen LogP contribution is -2.40. The number of Topliss-reactive ketones (excluding diaryl/α,β-unsaturated/α-hetero) is 1. The van der Waals surface area contributed by atoms with Crippen LogP contribution in [0.4, 0.5) is 8.78 Å². The second kappa shape index (κ2) is 6.86. The molecule has 24 heavy (non-hydrogen) atoms. The molecule has 1 aliphatic rings. The summed E-state index contributed by atoms with van der Waals surface area (Å²) in [6.07, 6.45) is 3.45. The summed E-state index contributed by atoms with van der Waals surface area (Å²) in [5, 5.41) is 0. The number of aromatic nitrogens is 1. The fraction of sp³-hybridized carbons (Fsp3) is 0.278. The van der Waals surface area contributed by atoms with Crippen molar-refractivity contribution in [2.75, 3.05) is 13.1 Å². The quantitative estimate of drug-likeness (QED) is 0.813. The van der Waals surface area contributed by atoms with Gasteiger partial charge in [-0.05, 0) is 43.2 Å². The summed E-state index contributed by atoms with van der Waals surface area (Å²) >= 11 is 0. The maximum absolute atomic E-state index is 13.2. The number of likely N-dealkylation sites (tertiary alicyclic amines) is 1. The summed E-state index contributed by atoms with van der Waals surface area (Å²) in [4.78, 5) is 30.0. The second-order valence-electron chi connectivity index (χ2n) is 5.83. The van der Waals surface area contributed by atoms with Crippen molar-refractivity contribution < 1.29 is 18.4 Å². The molecule has 1 fully saturated rings. The number of hydrogen-bond donors (Lipinski definition) is 0. The number of carbonyl (C=O) groups excluding carboxylic acids is 2. The molecule has 0 saturated carbocycles. The van der Waals surface area contributed by atoms with Gasteiger partial charge in [-0.1, -0.05) is 0 Å². The maximum atomic E-state index is 13.2. The van der Waals surface area contributed by atoms with E-state index in [0.717, 1.165) is 12.3 Å². The Morgan fingerprint density at radius 2 is 1.62 bits per heavy atom. The summed E-state index contributed by atoms with van der Waals surface area (Å²) in [5.74, 6) is -1.44. The van der Waals surface area contributed by atoms with Crippen LogP contribution in [-0.2, 0) is 0 Å². The molecule has 1 aromatic carbocycles. The number of rotatable bonds is 3. The van der Waals surface area contributed by atoms with E-state index in [1.807, 2.05) is 0 Å². The number of ketones is 1.